The Morgan fingerprint density at radius 1 is 1.00 bits per heavy atom. The number of likely N-dealkylation sites (N-methyl/N-ethyl adjacent to an activating group) is 1. The predicted octanol–water partition coefficient (Wildman–Crippen LogP) is 4.30. The largest absolute Gasteiger partial charge is 0.497 e. The van der Waals surface area contributed by atoms with E-state index in [1.165, 1.54) is 0 Å². The van der Waals surface area contributed by atoms with Gasteiger partial charge in [-0.05, 0) is 61.0 Å². The molecule has 0 saturated heterocycles. The Hall–Kier alpha value is -4.46. The van der Waals surface area contributed by atoms with Crippen LogP contribution in [0.4, 0.5) is 0 Å². The van der Waals surface area contributed by atoms with Gasteiger partial charge in [0, 0.05) is 43.2 Å². The maximum Gasteiger partial charge on any atom is 0.257 e. The number of hydrogen-bond donors (Lipinski definition) is 1. The number of ether oxygens (including phenoxy) is 1. The summed E-state index contributed by atoms with van der Waals surface area (Å²) in [6, 6.07) is 22.0. The minimum absolute atomic E-state index is 0.0565. The Balaban J connectivity index is 1.31. The van der Waals surface area contributed by atoms with Crippen LogP contribution in [0, 0.1) is 6.92 Å². The summed E-state index contributed by atoms with van der Waals surface area (Å²) in [5, 5.41) is 6.93. The fourth-order valence-corrected chi connectivity index (χ4v) is 3.59. The predicted molar refractivity (Wildman–Crippen MR) is 136 cm³/mol. The fourth-order valence-electron chi connectivity index (χ4n) is 3.59. The lowest BCUT2D eigenvalue weighted by molar-refractivity contribution is 0.0795. The smallest absolute Gasteiger partial charge is 0.257 e. The van der Waals surface area contributed by atoms with Crippen LogP contribution < -0.4 is 10.1 Å². The van der Waals surface area contributed by atoms with Gasteiger partial charge >= 0.3 is 0 Å². The molecule has 0 bridgehead atoms. The molecule has 3 aromatic carbocycles. The van der Waals surface area contributed by atoms with Crippen LogP contribution in [-0.2, 0) is 13.0 Å². The molecule has 0 unspecified atom stereocenters. The van der Waals surface area contributed by atoms with Crippen LogP contribution in [0.25, 0.3) is 11.5 Å². The third-order valence-corrected chi connectivity index (χ3v) is 5.77. The van der Waals surface area contributed by atoms with E-state index in [1.807, 2.05) is 55.5 Å². The molecule has 1 N–H and O–H groups in total. The number of methoxy groups -OCH3 is 1. The number of amides is 2. The van der Waals surface area contributed by atoms with Crippen molar-refractivity contribution in [3.8, 4) is 17.2 Å². The van der Waals surface area contributed by atoms with Gasteiger partial charge in [-0.3, -0.25) is 9.59 Å². The van der Waals surface area contributed by atoms with Crippen molar-refractivity contribution in [2.24, 2.45) is 0 Å². The van der Waals surface area contributed by atoms with Crippen LogP contribution in [-0.4, -0.2) is 47.6 Å². The molecule has 8 heteroatoms. The maximum atomic E-state index is 12.6. The first-order valence-corrected chi connectivity index (χ1v) is 11.6. The van der Waals surface area contributed by atoms with Gasteiger partial charge in [0.05, 0.1) is 7.11 Å². The molecule has 0 aliphatic rings. The lowest BCUT2D eigenvalue weighted by atomic mass is 10.1. The molecule has 4 aromatic rings. The number of benzene rings is 3. The highest BCUT2D eigenvalue weighted by Gasteiger charge is 2.15. The van der Waals surface area contributed by atoms with E-state index in [4.69, 9.17) is 9.26 Å². The molecule has 0 fully saturated rings. The number of carbonyl (C=O) groups is 2. The van der Waals surface area contributed by atoms with Gasteiger partial charge in [-0.2, -0.15) is 4.98 Å². The molecule has 36 heavy (non-hydrogen) atoms. The van der Waals surface area contributed by atoms with Gasteiger partial charge in [-0.25, -0.2) is 0 Å². The van der Waals surface area contributed by atoms with Crippen molar-refractivity contribution < 1.29 is 18.8 Å². The molecule has 0 spiro atoms. The minimum atomic E-state index is -0.183. The summed E-state index contributed by atoms with van der Waals surface area (Å²) in [6.07, 6.45) is 0.461. The minimum Gasteiger partial charge on any atom is -0.497 e. The maximum absolute atomic E-state index is 12.6. The zero-order valence-corrected chi connectivity index (χ0v) is 20.5. The van der Waals surface area contributed by atoms with Gasteiger partial charge in [0.1, 0.15) is 5.75 Å². The van der Waals surface area contributed by atoms with Crippen molar-refractivity contribution >= 4 is 11.8 Å². The quantitative estimate of drug-likeness (QED) is 0.380. The van der Waals surface area contributed by atoms with Crippen molar-refractivity contribution in [3.63, 3.8) is 0 Å². The van der Waals surface area contributed by atoms with Gasteiger partial charge in [-0.1, -0.05) is 35.0 Å². The number of aryl methyl sites for hydroxylation is 1. The lowest BCUT2D eigenvalue weighted by Gasteiger charge is -2.16. The molecule has 4 rings (SSSR count). The zero-order chi connectivity index (χ0) is 25.5. The molecule has 0 saturated carbocycles. The second-order valence-corrected chi connectivity index (χ2v) is 8.47. The first-order chi connectivity index (χ1) is 17.4. The number of nitrogens with one attached hydrogen (secondary N) is 1. The fraction of sp³-hybridized carbons (Fsp3) is 0.214. The molecular weight excluding hydrogens is 456 g/mol. The molecule has 8 nitrogen and oxygen atoms in total. The molecule has 1 aromatic heterocycles. The number of hydrogen-bond acceptors (Lipinski definition) is 6. The molecule has 2 amide bonds. The Labute approximate surface area is 209 Å². The second kappa shape index (κ2) is 11.3. The Morgan fingerprint density at radius 2 is 1.72 bits per heavy atom. The number of rotatable bonds is 9. The second-order valence-electron chi connectivity index (χ2n) is 8.47. The average Bonchev–Trinajstić information content (AvgIpc) is 3.39. The molecular formula is C28H28N4O4. The van der Waals surface area contributed by atoms with Crippen LogP contribution in [0.15, 0.2) is 77.3 Å². The van der Waals surface area contributed by atoms with E-state index in [0.717, 1.165) is 16.9 Å². The van der Waals surface area contributed by atoms with Crippen molar-refractivity contribution in [2.45, 2.75) is 19.9 Å². The highest BCUT2D eigenvalue weighted by atomic mass is 16.5. The van der Waals surface area contributed by atoms with Crippen LogP contribution in [0.2, 0.25) is 0 Å². The van der Waals surface area contributed by atoms with Crippen LogP contribution in [0.1, 0.15) is 37.7 Å². The van der Waals surface area contributed by atoms with E-state index in [-0.39, 0.29) is 11.8 Å². The Morgan fingerprint density at radius 3 is 2.44 bits per heavy atom. The molecule has 0 aliphatic heterocycles. The van der Waals surface area contributed by atoms with Gasteiger partial charge in [0.2, 0.25) is 0 Å². The zero-order valence-electron chi connectivity index (χ0n) is 20.5. The Bertz CT molecular complexity index is 1330. The van der Waals surface area contributed by atoms with Crippen molar-refractivity contribution in [2.75, 3.05) is 20.7 Å². The Kier molecular flexibility index (Phi) is 7.75. The SMILES string of the molecule is COc1cccc(CNC(=O)c2ccc(-c3nc(CCN(C)C(=O)c4ccc(C)cc4)no3)cc2)c1. The van der Waals surface area contributed by atoms with E-state index in [2.05, 4.69) is 15.5 Å². The number of aromatic nitrogens is 2. The standard InChI is InChI=1S/C28H28N4O4/c1-19-7-9-23(10-8-19)28(34)32(2)16-15-25-30-27(36-31-25)22-13-11-21(12-14-22)26(33)29-18-20-5-4-6-24(17-20)35-3/h4-14,17H,15-16,18H2,1-3H3,(H,29,33). The van der Waals surface area contributed by atoms with E-state index in [9.17, 15) is 9.59 Å². The highest BCUT2D eigenvalue weighted by Crippen LogP contribution is 2.19. The van der Waals surface area contributed by atoms with Crippen LogP contribution in [0.3, 0.4) is 0 Å². The lowest BCUT2D eigenvalue weighted by Crippen LogP contribution is -2.29. The topological polar surface area (TPSA) is 97.6 Å². The van der Waals surface area contributed by atoms with E-state index in [0.29, 0.717) is 47.9 Å². The van der Waals surface area contributed by atoms with Gasteiger partial charge in [-0.15, -0.1) is 0 Å². The monoisotopic (exact) mass is 484 g/mol. The van der Waals surface area contributed by atoms with Gasteiger partial charge in [0.15, 0.2) is 5.82 Å². The van der Waals surface area contributed by atoms with Crippen molar-refractivity contribution in [1.29, 1.82) is 0 Å². The van der Waals surface area contributed by atoms with Crippen molar-refractivity contribution in [1.82, 2.24) is 20.4 Å². The third-order valence-electron chi connectivity index (χ3n) is 5.77. The number of carbonyl (C=O) groups excluding carboxylic acids is 2. The van der Waals surface area contributed by atoms with Crippen LogP contribution >= 0.6 is 0 Å². The summed E-state index contributed by atoms with van der Waals surface area (Å²) in [6.45, 7) is 2.84. The summed E-state index contributed by atoms with van der Waals surface area (Å²) in [5.41, 5.74) is 3.93. The van der Waals surface area contributed by atoms with E-state index >= 15 is 0 Å². The summed E-state index contributed by atoms with van der Waals surface area (Å²) in [7, 11) is 3.36. The average molecular weight is 485 g/mol. The molecule has 184 valence electrons. The molecule has 0 radical (unpaired) electrons. The summed E-state index contributed by atoms with van der Waals surface area (Å²) >= 11 is 0. The van der Waals surface area contributed by atoms with Gasteiger partial charge in [0.25, 0.3) is 17.7 Å². The van der Waals surface area contributed by atoms with E-state index < -0.39 is 0 Å². The molecule has 0 atom stereocenters. The number of nitrogens with zero attached hydrogens (tertiary/aromatic N) is 3. The van der Waals surface area contributed by atoms with E-state index in [1.54, 1.807) is 43.3 Å². The summed E-state index contributed by atoms with van der Waals surface area (Å²) < 4.78 is 10.6. The van der Waals surface area contributed by atoms with Gasteiger partial charge < -0.3 is 19.5 Å². The molecule has 0 aliphatic carbocycles. The summed E-state index contributed by atoms with van der Waals surface area (Å²) in [4.78, 5) is 31.2. The van der Waals surface area contributed by atoms with Crippen LogP contribution in [0.5, 0.6) is 5.75 Å². The highest BCUT2D eigenvalue weighted by molar-refractivity contribution is 5.94. The normalized spacial score (nSPS) is 10.6. The first-order valence-electron chi connectivity index (χ1n) is 11.6. The van der Waals surface area contributed by atoms with Crippen molar-refractivity contribution in [3.05, 3.63) is 101 Å². The summed E-state index contributed by atoms with van der Waals surface area (Å²) in [5.74, 6) is 1.37. The third kappa shape index (κ3) is 6.15. The first kappa shape index (κ1) is 24.7. The molecule has 1 heterocycles.